The van der Waals surface area contributed by atoms with Crippen molar-refractivity contribution in [1.29, 1.82) is 0 Å². The SMILES string of the molecule is CC(CNC(=O)Nc1cc(Cl)cc(C(=O)O)c1)C1CC1. The number of carboxylic acids is 1. The van der Waals surface area contributed by atoms with Crippen LogP contribution in [0.3, 0.4) is 0 Å². The van der Waals surface area contributed by atoms with Gasteiger partial charge in [-0.25, -0.2) is 9.59 Å². The van der Waals surface area contributed by atoms with Gasteiger partial charge < -0.3 is 15.7 Å². The van der Waals surface area contributed by atoms with E-state index in [-0.39, 0.29) is 16.6 Å². The number of benzene rings is 1. The number of anilines is 1. The van der Waals surface area contributed by atoms with Gasteiger partial charge in [0.05, 0.1) is 5.56 Å². The summed E-state index contributed by atoms with van der Waals surface area (Å²) < 4.78 is 0. The zero-order chi connectivity index (χ0) is 14.7. The molecule has 20 heavy (non-hydrogen) atoms. The van der Waals surface area contributed by atoms with Crippen molar-refractivity contribution < 1.29 is 14.7 Å². The number of carbonyl (C=O) groups is 2. The summed E-state index contributed by atoms with van der Waals surface area (Å²) in [4.78, 5) is 22.6. The Morgan fingerprint density at radius 1 is 1.40 bits per heavy atom. The van der Waals surface area contributed by atoms with Crippen LogP contribution < -0.4 is 10.6 Å². The van der Waals surface area contributed by atoms with Crippen LogP contribution in [0.4, 0.5) is 10.5 Å². The number of carboxylic acid groups (broad SMARTS) is 1. The number of urea groups is 1. The van der Waals surface area contributed by atoms with E-state index in [0.717, 1.165) is 5.92 Å². The van der Waals surface area contributed by atoms with Crippen LogP contribution in [0.1, 0.15) is 30.1 Å². The fourth-order valence-corrected chi connectivity index (χ4v) is 2.28. The summed E-state index contributed by atoms with van der Waals surface area (Å²) in [5.74, 6) is 0.105. The maximum absolute atomic E-state index is 11.7. The van der Waals surface area contributed by atoms with Crippen molar-refractivity contribution in [2.45, 2.75) is 19.8 Å². The standard InChI is InChI=1S/C14H17ClN2O3/c1-8(9-2-3-9)7-16-14(20)17-12-5-10(13(18)19)4-11(15)6-12/h4-6,8-9H,2-3,7H2,1H3,(H,18,19)(H2,16,17,20). The van der Waals surface area contributed by atoms with Crippen molar-refractivity contribution >= 4 is 29.3 Å². The average molecular weight is 297 g/mol. The number of nitrogens with one attached hydrogen (secondary N) is 2. The molecule has 6 heteroatoms. The number of aromatic carboxylic acids is 1. The summed E-state index contributed by atoms with van der Waals surface area (Å²) in [6.07, 6.45) is 2.47. The summed E-state index contributed by atoms with van der Waals surface area (Å²) in [6.45, 7) is 2.72. The van der Waals surface area contributed by atoms with Crippen molar-refractivity contribution in [3.8, 4) is 0 Å². The van der Waals surface area contributed by atoms with Crippen LogP contribution in [0, 0.1) is 11.8 Å². The topological polar surface area (TPSA) is 78.4 Å². The van der Waals surface area contributed by atoms with Crippen LogP contribution in [0.15, 0.2) is 18.2 Å². The van der Waals surface area contributed by atoms with Crippen LogP contribution in [0.2, 0.25) is 5.02 Å². The van der Waals surface area contributed by atoms with Gasteiger partial charge in [-0.3, -0.25) is 0 Å². The van der Waals surface area contributed by atoms with Crippen molar-refractivity contribution in [1.82, 2.24) is 5.32 Å². The third-order valence-corrected chi connectivity index (χ3v) is 3.63. The van der Waals surface area contributed by atoms with E-state index in [1.165, 1.54) is 31.0 Å². The molecule has 0 heterocycles. The maximum atomic E-state index is 11.7. The summed E-state index contributed by atoms with van der Waals surface area (Å²) >= 11 is 5.82. The molecule has 2 amide bonds. The normalized spacial score (nSPS) is 15.5. The predicted molar refractivity (Wildman–Crippen MR) is 77.3 cm³/mol. The zero-order valence-corrected chi connectivity index (χ0v) is 11.9. The molecule has 1 unspecified atom stereocenters. The zero-order valence-electron chi connectivity index (χ0n) is 11.1. The van der Waals surface area contributed by atoms with Gasteiger partial charge in [0.1, 0.15) is 0 Å². The molecule has 5 nitrogen and oxygen atoms in total. The largest absolute Gasteiger partial charge is 0.478 e. The molecule has 1 aliphatic carbocycles. The second-order valence-electron chi connectivity index (χ2n) is 5.18. The molecule has 0 aliphatic heterocycles. The van der Waals surface area contributed by atoms with Gasteiger partial charge in [0.15, 0.2) is 0 Å². The minimum absolute atomic E-state index is 0.0409. The molecular formula is C14H17ClN2O3. The van der Waals surface area contributed by atoms with Gasteiger partial charge in [-0.2, -0.15) is 0 Å². The number of rotatable bonds is 5. The first-order valence-corrected chi connectivity index (χ1v) is 6.92. The third kappa shape index (κ3) is 4.13. The van der Waals surface area contributed by atoms with Crippen molar-refractivity contribution in [3.63, 3.8) is 0 Å². The minimum Gasteiger partial charge on any atom is -0.478 e. The third-order valence-electron chi connectivity index (χ3n) is 3.41. The fourth-order valence-electron chi connectivity index (χ4n) is 2.05. The van der Waals surface area contributed by atoms with E-state index in [0.29, 0.717) is 18.2 Å². The Morgan fingerprint density at radius 3 is 2.70 bits per heavy atom. The lowest BCUT2D eigenvalue weighted by atomic mass is 10.1. The lowest BCUT2D eigenvalue weighted by Crippen LogP contribution is -2.32. The van der Waals surface area contributed by atoms with E-state index >= 15 is 0 Å². The van der Waals surface area contributed by atoms with Gasteiger partial charge in [0, 0.05) is 17.3 Å². The van der Waals surface area contributed by atoms with Gasteiger partial charge >= 0.3 is 12.0 Å². The Balaban J connectivity index is 1.91. The molecule has 1 atom stereocenters. The van der Waals surface area contributed by atoms with E-state index in [2.05, 4.69) is 17.6 Å². The number of halogens is 1. The molecule has 1 aromatic rings. The summed E-state index contributed by atoms with van der Waals surface area (Å²) in [7, 11) is 0. The molecule has 3 N–H and O–H groups in total. The highest BCUT2D eigenvalue weighted by Crippen LogP contribution is 2.36. The van der Waals surface area contributed by atoms with Gasteiger partial charge in [-0.15, -0.1) is 0 Å². The molecule has 0 radical (unpaired) electrons. The number of hydrogen-bond acceptors (Lipinski definition) is 2. The van der Waals surface area contributed by atoms with Crippen LogP contribution >= 0.6 is 11.6 Å². The van der Waals surface area contributed by atoms with E-state index in [1.54, 1.807) is 0 Å². The lowest BCUT2D eigenvalue weighted by Gasteiger charge is -2.12. The molecule has 2 rings (SSSR count). The molecule has 0 spiro atoms. The highest BCUT2D eigenvalue weighted by Gasteiger charge is 2.27. The van der Waals surface area contributed by atoms with E-state index in [9.17, 15) is 9.59 Å². The van der Waals surface area contributed by atoms with Crippen molar-refractivity contribution in [2.75, 3.05) is 11.9 Å². The first-order valence-electron chi connectivity index (χ1n) is 6.54. The predicted octanol–water partition coefficient (Wildman–Crippen LogP) is 3.21. The Bertz CT molecular complexity index is 529. The molecular weight excluding hydrogens is 280 g/mol. The van der Waals surface area contributed by atoms with E-state index in [4.69, 9.17) is 16.7 Å². The Morgan fingerprint density at radius 2 is 2.10 bits per heavy atom. The molecule has 1 saturated carbocycles. The molecule has 1 aromatic carbocycles. The van der Waals surface area contributed by atoms with Gasteiger partial charge in [-0.1, -0.05) is 18.5 Å². The first kappa shape index (κ1) is 14.7. The number of hydrogen-bond donors (Lipinski definition) is 3. The highest BCUT2D eigenvalue weighted by molar-refractivity contribution is 6.31. The van der Waals surface area contributed by atoms with E-state index in [1.807, 2.05) is 0 Å². The fraction of sp³-hybridized carbons (Fsp3) is 0.429. The second kappa shape index (κ2) is 6.13. The maximum Gasteiger partial charge on any atom is 0.335 e. The van der Waals surface area contributed by atoms with Crippen molar-refractivity contribution in [3.05, 3.63) is 28.8 Å². The van der Waals surface area contributed by atoms with Crippen LogP contribution in [-0.2, 0) is 0 Å². The molecule has 0 saturated heterocycles. The Labute approximate surface area is 122 Å². The smallest absolute Gasteiger partial charge is 0.335 e. The molecule has 108 valence electrons. The summed E-state index contributed by atoms with van der Waals surface area (Å²) in [6, 6.07) is 3.87. The number of carbonyl (C=O) groups excluding carboxylic acids is 1. The highest BCUT2D eigenvalue weighted by atomic mass is 35.5. The molecule has 0 bridgehead atoms. The summed E-state index contributed by atoms with van der Waals surface area (Å²) in [5, 5.41) is 14.6. The van der Waals surface area contributed by atoms with Gasteiger partial charge in [-0.05, 0) is 42.9 Å². The van der Waals surface area contributed by atoms with E-state index < -0.39 is 5.97 Å². The Hall–Kier alpha value is -1.75. The summed E-state index contributed by atoms with van der Waals surface area (Å²) in [5.41, 5.74) is 0.408. The van der Waals surface area contributed by atoms with Crippen LogP contribution in [0.25, 0.3) is 0 Å². The average Bonchev–Trinajstić information content (AvgIpc) is 3.19. The minimum atomic E-state index is -1.08. The number of amides is 2. The first-order chi connectivity index (χ1) is 9.45. The quantitative estimate of drug-likeness (QED) is 0.780. The second-order valence-corrected chi connectivity index (χ2v) is 5.62. The van der Waals surface area contributed by atoms with Crippen molar-refractivity contribution in [2.24, 2.45) is 11.8 Å². The van der Waals surface area contributed by atoms with Gasteiger partial charge in [0.2, 0.25) is 0 Å². The van der Waals surface area contributed by atoms with Crippen LogP contribution in [-0.4, -0.2) is 23.7 Å². The Kier molecular flexibility index (Phi) is 4.49. The van der Waals surface area contributed by atoms with Crippen LogP contribution in [0.5, 0.6) is 0 Å². The molecule has 1 fully saturated rings. The van der Waals surface area contributed by atoms with Gasteiger partial charge in [0.25, 0.3) is 0 Å². The lowest BCUT2D eigenvalue weighted by molar-refractivity contribution is 0.0697. The monoisotopic (exact) mass is 296 g/mol. The molecule has 1 aliphatic rings. The molecule has 0 aromatic heterocycles.